The molecule has 0 amide bonds. The Bertz CT molecular complexity index is 3220. The number of carbonyl (C=O) groups is 2. The molecule has 0 radical (unpaired) electrons. The molecule has 0 saturated carbocycles. The van der Waals surface area contributed by atoms with E-state index in [4.69, 9.17) is 16.6 Å². The van der Waals surface area contributed by atoms with Gasteiger partial charge in [0.25, 0.3) is 5.69 Å². The molecule has 2 atom stereocenters. The van der Waals surface area contributed by atoms with Gasteiger partial charge in [-0.05, 0) is 89.5 Å². The Morgan fingerprint density at radius 3 is 1.50 bits per heavy atom. The number of nitro benzene ring substituents is 1. The summed E-state index contributed by atoms with van der Waals surface area (Å²) in [5.74, 6) is -2.08. The van der Waals surface area contributed by atoms with Crippen LogP contribution < -0.4 is 11.5 Å². The first-order valence-electron chi connectivity index (χ1n) is 21.6. The maximum atomic E-state index is 11.5. The van der Waals surface area contributed by atoms with Crippen molar-refractivity contribution in [2.45, 2.75) is 45.7 Å². The van der Waals surface area contributed by atoms with E-state index in [0.717, 1.165) is 55.7 Å². The number of nitro groups is 1. The molecule has 9 rings (SSSR count). The summed E-state index contributed by atoms with van der Waals surface area (Å²) < 4.78 is 6.08. The van der Waals surface area contributed by atoms with Crippen LogP contribution in [0.3, 0.4) is 0 Å². The second kappa shape index (κ2) is 19.5. The van der Waals surface area contributed by atoms with Gasteiger partial charge in [-0.25, -0.2) is 0 Å². The number of non-ortho nitro benzene ring substituents is 1. The fraction of sp³-hybridized carbons (Fsp3) is 0.185. The zero-order chi connectivity index (χ0) is 47.4. The van der Waals surface area contributed by atoms with E-state index in [9.17, 15) is 24.8 Å². The number of benzene rings is 6. The van der Waals surface area contributed by atoms with E-state index in [1.165, 1.54) is 33.8 Å². The van der Waals surface area contributed by atoms with Crippen LogP contribution in [0.2, 0.25) is 0 Å². The molecule has 6 aromatic carbocycles. The van der Waals surface area contributed by atoms with Gasteiger partial charge in [-0.2, -0.15) is 0 Å². The molecule has 336 valence electrons. The van der Waals surface area contributed by atoms with Crippen LogP contribution in [0, 0.1) is 30.9 Å². The van der Waals surface area contributed by atoms with Crippen LogP contribution in [0.5, 0.6) is 0 Å². The van der Waals surface area contributed by atoms with Crippen LogP contribution in [0.15, 0.2) is 146 Å². The van der Waals surface area contributed by atoms with E-state index in [2.05, 4.69) is 102 Å². The summed E-state index contributed by atoms with van der Waals surface area (Å²) in [5.41, 5.74) is 25.8. The summed E-state index contributed by atoms with van der Waals surface area (Å²) in [7, 11) is 5.86. The number of hydrogen-bond acceptors (Lipinski definition) is 6. The molecule has 66 heavy (non-hydrogen) atoms. The van der Waals surface area contributed by atoms with E-state index in [0.29, 0.717) is 17.3 Å². The fourth-order valence-corrected chi connectivity index (χ4v) is 8.82. The van der Waals surface area contributed by atoms with E-state index >= 15 is 0 Å². The first-order chi connectivity index (χ1) is 31.6. The molecule has 0 bridgehead atoms. The lowest BCUT2D eigenvalue weighted by Gasteiger charge is -2.10. The summed E-state index contributed by atoms with van der Waals surface area (Å²) in [4.78, 5) is 33.5. The summed E-state index contributed by atoms with van der Waals surface area (Å²) >= 11 is 0. The minimum Gasteiger partial charge on any atom is -0.480 e. The molecule has 0 aliphatic heterocycles. The molecule has 0 aliphatic rings. The Balaban J connectivity index is 0.000000150. The van der Waals surface area contributed by atoms with Crippen LogP contribution >= 0.6 is 0 Å². The van der Waals surface area contributed by atoms with Crippen molar-refractivity contribution in [2.75, 3.05) is 0 Å². The zero-order valence-corrected chi connectivity index (χ0v) is 37.9. The van der Waals surface area contributed by atoms with Gasteiger partial charge < -0.3 is 35.4 Å². The molecule has 0 spiro atoms. The normalized spacial score (nSPS) is 12.0. The molecule has 12 nitrogen and oxygen atoms in total. The summed E-state index contributed by atoms with van der Waals surface area (Å²) in [6, 6.07) is 46.4. The van der Waals surface area contributed by atoms with Crippen LogP contribution in [0.1, 0.15) is 28.2 Å². The van der Waals surface area contributed by atoms with Crippen molar-refractivity contribution in [1.82, 2.24) is 13.7 Å². The lowest BCUT2D eigenvalue weighted by atomic mass is 9.95. The first kappa shape index (κ1) is 46.2. The predicted octanol–water partition coefficient (Wildman–Crippen LogP) is 10.3. The third-order valence-corrected chi connectivity index (χ3v) is 12.6. The van der Waals surface area contributed by atoms with Crippen LogP contribution in [0.4, 0.5) is 5.69 Å². The van der Waals surface area contributed by atoms with Gasteiger partial charge in [-0.15, -0.1) is 0 Å². The fourth-order valence-electron chi connectivity index (χ4n) is 8.82. The number of aliphatic carboxylic acids is 2. The maximum absolute atomic E-state index is 11.5. The lowest BCUT2D eigenvalue weighted by molar-refractivity contribution is -0.383. The topological polar surface area (TPSA) is 185 Å². The number of rotatable bonds is 10. The summed E-state index contributed by atoms with van der Waals surface area (Å²) in [6.07, 6.45) is 0.419. The molecule has 0 aliphatic carbocycles. The van der Waals surface area contributed by atoms with Crippen LogP contribution in [0.25, 0.3) is 66.1 Å². The Hall–Kier alpha value is -7.80. The number of nitrogens with two attached hydrogens (primary N) is 2. The van der Waals surface area contributed by atoms with Gasteiger partial charge in [-0.3, -0.25) is 19.7 Å². The molecule has 3 heterocycles. The Labute approximate surface area is 383 Å². The highest BCUT2D eigenvalue weighted by atomic mass is 16.6. The highest BCUT2D eigenvalue weighted by Crippen LogP contribution is 2.40. The van der Waals surface area contributed by atoms with E-state index in [1.54, 1.807) is 17.7 Å². The van der Waals surface area contributed by atoms with E-state index in [-0.39, 0.29) is 12.1 Å². The highest BCUT2D eigenvalue weighted by Gasteiger charge is 2.27. The molecule has 9 aromatic rings. The number of fused-ring (bicyclic) bond motifs is 3. The van der Waals surface area contributed by atoms with E-state index < -0.39 is 28.9 Å². The Kier molecular flexibility index (Phi) is 13.7. The number of hydrogen-bond donors (Lipinski definition) is 4. The minimum atomic E-state index is -1.10. The van der Waals surface area contributed by atoms with Crippen LogP contribution in [-0.2, 0) is 43.6 Å². The van der Waals surface area contributed by atoms with Gasteiger partial charge in [-0.1, -0.05) is 115 Å². The van der Waals surface area contributed by atoms with Crippen molar-refractivity contribution in [3.05, 3.63) is 184 Å². The monoisotopic (exact) mass is 882 g/mol. The Morgan fingerprint density at radius 1 is 0.561 bits per heavy atom. The van der Waals surface area contributed by atoms with E-state index in [1.807, 2.05) is 75.5 Å². The van der Waals surface area contributed by atoms with Crippen molar-refractivity contribution >= 4 is 50.3 Å². The van der Waals surface area contributed by atoms with Crippen molar-refractivity contribution in [1.29, 1.82) is 0 Å². The lowest BCUT2D eigenvalue weighted by Crippen LogP contribution is -2.32. The third kappa shape index (κ3) is 9.10. The molecule has 0 saturated heterocycles. The van der Waals surface area contributed by atoms with Gasteiger partial charge in [0.05, 0.1) is 4.92 Å². The number of carboxylic acids is 2. The first-order valence-corrected chi connectivity index (χ1v) is 21.6. The number of carboxylic acid groups (broad SMARTS) is 2. The Morgan fingerprint density at radius 2 is 1.00 bits per heavy atom. The van der Waals surface area contributed by atoms with Crippen molar-refractivity contribution in [3.63, 3.8) is 0 Å². The molecular weight excluding hydrogens is 829 g/mol. The summed E-state index contributed by atoms with van der Waals surface area (Å²) in [6.45, 7) is 5.98. The van der Waals surface area contributed by atoms with Gasteiger partial charge in [0.1, 0.15) is 17.6 Å². The maximum Gasteiger partial charge on any atom is 0.320 e. The molecule has 12 heteroatoms. The quantitative estimate of drug-likeness (QED) is 0.0772. The summed E-state index contributed by atoms with van der Waals surface area (Å²) in [5, 5.41) is 33.0. The molecule has 6 N–H and O–H groups in total. The number of aryl methyl sites for hydroxylation is 4. The largest absolute Gasteiger partial charge is 0.480 e. The van der Waals surface area contributed by atoms with Crippen molar-refractivity contribution < 1.29 is 24.7 Å². The van der Waals surface area contributed by atoms with Crippen molar-refractivity contribution in [3.8, 4) is 33.4 Å². The molecular formula is C54H54N6O6. The van der Waals surface area contributed by atoms with Crippen molar-refractivity contribution in [2.24, 2.45) is 32.6 Å². The van der Waals surface area contributed by atoms with Crippen LogP contribution in [-0.4, -0.2) is 52.9 Å². The van der Waals surface area contributed by atoms with Gasteiger partial charge >= 0.3 is 11.9 Å². The second-order valence-electron chi connectivity index (χ2n) is 16.5. The molecule has 0 fully saturated rings. The number of aromatic nitrogens is 3. The second-order valence-corrected chi connectivity index (χ2v) is 16.5. The predicted molar refractivity (Wildman–Crippen MR) is 265 cm³/mol. The third-order valence-electron chi connectivity index (χ3n) is 12.6. The standard InChI is InChI=1S/C19H19N3O4.C19H20N2O2.C16H15N/c1-11-14(10-15(20)19(23)24)17-13(12-6-4-3-5-7-12)8-9-16(22(25)26)18(17)21(11)2;1-12-15(11-16(20)19(22)23)18-14(13-7-4-3-5-8-13)9-6-10-17(18)21(12)2;1-12-11-15-14(13-7-4-3-5-8-13)9-6-10-16(15)17(12)2/h3-9,15H,10,20H2,1-2H3,(H,23,24);3-10,16H,11,20H2,1-2H3,(H,22,23);3-11H,1-2H3. The molecule has 3 aromatic heterocycles. The zero-order valence-electron chi connectivity index (χ0n) is 37.9. The smallest absolute Gasteiger partial charge is 0.320 e. The van der Waals surface area contributed by atoms with Gasteiger partial charge in [0.2, 0.25) is 0 Å². The minimum absolute atomic E-state index is 0.0135. The highest BCUT2D eigenvalue weighted by molar-refractivity contribution is 6.04. The molecule has 2 unspecified atom stereocenters. The SMILES string of the molecule is Cc1c(CC(N)C(=O)O)c2c(-c3ccccc3)ccc([N+](=O)[O-])c2n1C.Cc1c(CC(N)C(=O)O)c2c(-c3ccccc3)cccc2n1C.Cc1cc2c(-c3ccccc3)cccc2n1C. The number of nitrogens with zero attached hydrogens (tertiary/aromatic N) is 4. The average Bonchev–Trinajstić information content (AvgIpc) is 3.86. The van der Waals surface area contributed by atoms with Gasteiger partial charge in [0, 0.05) is 84.3 Å². The average molecular weight is 883 g/mol. The van der Waals surface area contributed by atoms with Gasteiger partial charge in [0.15, 0.2) is 0 Å².